The molecule has 0 amide bonds. The predicted octanol–water partition coefficient (Wildman–Crippen LogP) is 1.16. The topological polar surface area (TPSA) is 21.3 Å². The van der Waals surface area contributed by atoms with Crippen molar-refractivity contribution in [2.45, 2.75) is 37.8 Å². The Bertz CT molecular complexity index is 179. The van der Waals surface area contributed by atoms with Crippen molar-refractivity contribution in [3.63, 3.8) is 0 Å². The van der Waals surface area contributed by atoms with E-state index in [0.717, 1.165) is 31.1 Å². The summed E-state index contributed by atoms with van der Waals surface area (Å²) in [6.07, 6.45) is 5.94. The lowest BCUT2D eigenvalue weighted by atomic mass is 9.94. The molecule has 0 aromatic heterocycles. The van der Waals surface area contributed by atoms with Crippen molar-refractivity contribution in [2.24, 2.45) is 11.8 Å². The van der Waals surface area contributed by atoms with Gasteiger partial charge in [-0.1, -0.05) is 6.42 Å². The van der Waals surface area contributed by atoms with E-state index < -0.39 is 0 Å². The van der Waals surface area contributed by atoms with Crippen LogP contribution in [0.15, 0.2) is 0 Å². The smallest absolute Gasteiger partial charge is 0.0643 e. The van der Waals surface area contributed by atoms with E-state index in [4.69, 9.17) is 4.74 Å². The van der Waals surface area contributed by atoms with Crippen LogP contribution in [0, 0.1) is 11.8 Å². The van der Waals surface area contributed by atoms with Gasteiger partial charge >= 0.3 is 0 Å². The van der Waals surface area contributed by atoms with Crippen LogP contribution in [0.2, 0.25) is 0 Å². The van der Waals surface area contributed by atoms with Crippen molar-refractivity contribution in [3.8, 4) is 0 Å². The third-order valence-corrected chi connectivity index (χ3v) is 3.83. The maximum absolute atomic E-state index is 5.16. The van der Waals surface area contributed by atoms with Gasteiger partial charge in [0.2, 0.25) is 0 Å². The fourth-order valence-corrected chi connectivity index (χ4v) is 3.08. The molecule has 1 aliphatic heterocycles. The van der Waals surface area contributed by atoms with Crippen molar-refractivity contribution in [1.29, 1.82) is 0 Å². The molecule has 0 spiro atoms. The van der Waals surface area contributed by atoms with E-state index in [1.165, 1.54) is 25.7 Å². The Hall–Kier alpha value is -0.0800. The van der Waals surface area contributed by atoms with Crippen LogP contribution in [0.5, 0.6) is 0 Å². The molecule has 1 N–H and O–H groups in total. The summed E-state index contributed by atoms with van der Waals surface area (Å²) in [5.41, 5.74) is 0. The molecule has 2 heteroatoms. The molecule has 2 saturated carbocycles. The normalized spacial score (nSPS) is 46.5. The molecule has 0 radical (unpaired) electrons. The summed E-state index contributed by atoms with van der Waals surface area (Å²) in [6, 6.07) is 1.53. The molecular formula is C10H17NO. The second kappa shape index (κ2) is 2.71. The van der Waals surface area contributed by atoms with Gasteiger partial charge < -0.3 is 10.1 Å². The number of fused-ring (bicyclic) bond motifs is 2. The lowest BCUT2D eigenvalue weighted by molar-refractivity contribution is -0.0129. The van der Waals surface area contributed by atoms with Crippen LogP contribution in [0.3, 0.4) is 0 Å². The van der Waals surface area contributed by atoms with Crippen LogP contribution < -0.4 is 5.32 Å². The van der Waals surface area contributed by atoms with Crippen molar-refractivity contribution in [2.75, 3.05) is 13.2 Å². The number of hydrogen-bond acceptors (Lipinski definition) is 2. The molecule has 3 atom stereocenters. The Kier molecular flexibility index (Phi) is 1.66. The van der Waals surface area contributed by atoms with Crippen molar-refractivity contribution in [1.82, 2.24) is 5.32 Å². The van der Waals surface area contributed by atoms with Crippen LogP contribution >= 0.6 is 0 Å². The second-order valence-corrected chi connectivity index (χ2v) is 4.68. The van der Waals surface area contributed by atoms with E-state index in [0.29, 0.717) is 6.04 Å². The quantitative estimate of drug-likeness (QED) is 0.666. The third kappa shape index (κ3) is 1.09. The van der Waals surface area contributed by atoms with E-state index in [1.54, 1.807) is 0 Å². The maximum atomic E-state index is 5.16. The number of nitrogens with one attached hydrogen (secondary N) is 1. The van der Waals surface area contributed by atoms with Gasteiger partial charge in [-0.15, -0.1) is 0 Å². The zero-order valence-corrected chi connectivity index (χ0v) is 7.46. The minimum absolute atomic E-state index is 0.689. The largest absolute Gasteiger partial charge is 0.378 e. The minimum atomic E-state index is 0.689. The van der Waals surface area contributed by atoms with Gasteiger partial charge in [-0.25, -0.2) is 0 Å². The Morgan fingerprint density at radius 3 is 2.50 bits per heavy atom. The first kappa shape index (κ1) is 7.34. The summed E-state index contributed by atoms with van der Waals surface area (Å²) < 4.78 is 5.16. The molecular weight excluding hydrogens is 150 g/mol. The SMILES string of the molecule is C1CC2CC1CC2NC1COC1. The summed E-state index contributed by atoms with van der Waals surface area (Å²) in [4.78, 5) is 0. The number of rotatable bonds is 2. The molecule has 1 heterocycles. The van der Waals surface area contributed by atoms with Gasteiger partial charge in [0, 0.05) is 6.04 Å². The first-order chi connectivity index (χ1) is 5.92. The highest BCUT2D eigenvalue weighted by molar-refractivity contribution is 4.96. The molecule has 2 aliphatic carbocycles. The summed E-state index contributed by atoms with van der Waals surface area (Å²) in [5.74, 6) is 2.07. The van der Waals surface area contributed by atoms with Crippen LogP contribution in [0.4, 0.5) is 0 Å². The first-order valence-electron chi connectivity index (χ1n) is 5.25. The molecule has 0 aromatic carbocycles. The highest BCUT2D eigenvalue weighted by Crippen LogP contribution is 2.44. The zero-order valence-electron chi connectivity index (χ0n) is 7.46. The molecule has 3 fully saturated rings. The molecule has 3 rings (SSSR count). The minimum Gasteiger partial charge on any atom is -0.378 e. The second-order valence-electron chi connectivity index (χ2n) is 4.68. The van der Waals surface area contributed by atoms with Gasteiger partial charge in [-0.05, 0) is 31.1 Å². The van der Waals surface area contributed by atoms with Gasteiger partial charge in [0.25, 0.3) is 0 Å². The van der Waals surface area contributed by atoms with Gasteiger partial charge in [-0.2, -0.15) is 0 Å². The van der Waals surface area contributed by atoms with Crippen LogP contribution in [0.1, 0.15) is 25.7 Å². The van der Waals surface area contributed by atoms with Crippen LogP contribution in [0.25, 0.3) is 0 Å². The molecule has 3 aliphatic rings. The molecule has 2 bridgehead atoms. The highest BCUT2D eigenvalue weighted by atomic mass is 16.5. The number of ether oxygens (including phenoxy) is 1. The van der Waals surface area contributed by atoms with Crippen molar-refractivity contribution >= 4 is 0 Å². The van der Waals surface area contributed by atoms with E-state index in [-0.39, 0.29) is 0 Å². The molecule has 12 heavy (non-hydrogen) atoms. The Labute approximate surface area is 73.7 Å². The number of hydrogen-bond donors (Lipinski definition) is 1. The summed E-state index contributed by atoms with van der Waals surface area (Å²) in [5, 5.41) is 3.72. The van der Waals surface area contributed by atoms with E-state index in [9.17, 15) is 0 Å². The van der Waals surface area contributed by atoms with Crippen molar-refractivity contribution in [3.05, 3.63) is 0 Å². The van der Waals surface area contributed by atoms with Gasteiger partial charge in [-0.3, -0.25) is 0 Å². The Balaban J connectivity index is 1.56. The van der Waals surface area contributed by atoms with Gasteiger partial charge in [0.05, 0.1) is 19.3 Å². The Morgan fingerprint density at radius 2 is 2.00 bits per heavy atom. The fourth-order valence-electron chi connectivity index (χ4n) is 3.08. The standard InChI is InChI=1S/C10H17NO/c1-2-8-3-7(1)4-10(8)11-9-5-12-6-9/h7-11H,1-6H2. The first-order valence-corrected chi connectivity index (χ1v) is 5.25. The summed E-state index contributed by atoms with van der Waals surface area (Å²) in [6.45, 7) is 1.90. The molecule has 3 unspecified atom stereocenters. The molecule has 68 valence electrons. The van der Waals surface area contributed by atoms with Gasteiger partial charge in [0.15, 0.2) is 0 Å². The van der Waals surface area contributed by atoms with Crippen molar-refractivity contribution < 1.29 is 4.74 Å². The van der Waals surface area contributed by atoms with Crippen LogP contribution in [-0.2, 0) is 4.74 Å². The van der Waals surface area contributed by atoms with Crippen LogP contribution in [-0.4, -0.2) is 25.3 Å². The average molecular weight is 167 g/mol. The molecule has 2 nitrogen and oxygen atoms in total. The van der Waals surface area contributed by atoms with Gasteiger partial charge in [0.1, 0.15) is 0 Å². The summed E-state index contributed by atoms with van der Waals surface area (Å²) >= 11 is 0. The Morgan fingerprint density at radius 1 is 1.08 bits per heavy atom. The van der Waals surface area contributed by atoms with E-state index in [2.05, 4.69) is 5.32 Å². The zero-order chi connectivity index (χ0) is 7.97. The molecule has 0 aromatic rings. The fraction of sp³-hybridized carbons (Fsp3) is 1.00. The highest BCUT2D eigenvalue weighted by Gasteiger charge is 2.40. The van der Waals surface area contributed by atoms with E-state index >= 15 is 0 Å². The lowest BCUT2D eigenvalue weighted by Gasteiger charge is -2.33. The lowest BCUT2D eigenvalue weighted by Crippen LogP contribution is -2.51. The monoisotopic (exact) mass is 167 g/mol. The average Bonchev–Trinajstić information content (AvgIpc) is 2.56. The molecule has 1 saturated heterocycles. The van der Waals surface area contributed by atoms with E-state index in [1.807, 2.05) is 0 Å². The summed E-state index contributed by atoms with van der Waals surface area (Å²) in [7, 11) is 0. The maximum Gasteiger partial charge on any atom is 0.0643 e. The predicted molar refractivity (Wildman–Crippen MR) is 47.0 cm³/mol. The third-order valence-electron chi connectivity index (χ3n) is 3.83.